The first-order valence-corrected chi connectivity index (χ1v) is 9.05. The Morgan fingerprint density at radius 1 is 1.00 bits per heavy atom. The molecule has 1 unspecified atom stereocenters. The highest BCUT2D eigenvalue weighted by atomic mass is 16.5. The molecule has 25 heavy (non-hydrogen) atoms. The molecule has 4 nitrogen and oxygen atoms in total. The lowest BCUT2D eigenvalue weighted by atomic mass is 9.95. The molecule has 1 fully saturated rings. The Bertz CT molecular complexity index is 661. The molecule has 134 valence electrons. The van der Waals surface area contributed by atoms with Crippen LogP contribution >= 0.6 is 0 Å². The van der Waals surface area contributed by atoms with Crippen LogP contribution in [0.15, 0.2) is 48.5 Å². The molecule has 1 atom stereocenters. The summed E-state index contributed by atoms with van der Waals surface area (Å²) in [6, 6.07) is 17.5. The topological polar surface area (TPSA) is 27.7 Å². The van der Waals surface area contributed by atoms with Crippen LogP contribution in [0.3, 0.4) is 0 Å². The zero-order chi connectivity index (χ0) is 17.6. The Morgan fingerprint density at radius 2 is 1.76 bits per heavy atom. The van der Waals surface area contributed by atoms with E-state index in [1.165, 1.54) is 23.2 Å². The molecule has 0 aliphatic carbocycles. The third-order valence-electron chi connectivity index (χ3n) is 4.90. The first-order chi connectivity index (χ1) is 12.2. The molecule has 2 aromatic rings. The zero-order valence-corrected chi connectivity index (χ0v) is 15.5. The zero-order valence-electron chi connectivity index (χ0n) is 15.5. The van der Waals surface area contributed by atoms with E-state index in [4.69, 9.17) is 4.74 Å². The average Bonchev–Trinajstić information content (AvgIpc) is 2.92. The Labute approximate surface area is 151 Å². The molecule has 3 rings (SSSR count). The standard InChI is InChI=1S/C21H29N3O/c1-23(2)18-11-9-17(10-12-18)21(24-15-6-13-22-14-16-24)19-7-4-5-8-20(19)25-3/h4-5,7-12,21-22H,6,13-16H2,1-3H3. The summed E-state index contributed by atoms with van der Waals surface area (Å²) in [6.45, 7) is 4.25. The van der Waals surface area contributed by atoms with Crippen molar-refractivity contribution in [1.29, 1.82) is 0 Å². The predicted molar refractivity (Wildman–Crippen MR) is 105 cm³/mol. The van der Waals surface area contributed by atoms with E-state index >= 15 is 0 Å². The van der Waals surface area contributed by atoms with Gasteiger partial charge in [0.2, 0.25) is 0 Å². The number of para-hydroxylation sites is 1. The molecule has 0 spiro atoms. The molecular formula is C21H29N3O. The lowest BCUT2D eigenvalue weighted by Gasteiger charge is -2.32. The summed E-state index contributed by atoms with van der Waals surface area (Å²) in [5.41, 5.74) is 3.78. The molecule has 1 N–H and O–H groups in total. The second-order valence-electron chi connectivity index (χ2n) is 6.77. The van der Waals surface area contributed by atoms with E-state index in [9.17, 15) is 0 Å². The highest BCUT2D eigenvalue weighted by molar-refractivity contribution is 5.49. The maximum Gasteiger partial charge on any atom is 0.123 e. The molecule has 0 bridgehead atoms. The number of benzene rings is 2. The van der Waals surface area contributed by atoms with Crippen molar-refractivity contribution < 1.29 is 4.74 Å². The summed E-state index contributed by atoms with van der Waals surface area (Å²) in [6.07, 6.45) is 1.17. The van der Waals surface area contributed by atoms with Crippen molar-refractivity contribution in [3.8, 4) is 5.75 Å². The van der Waals surface area contributed by atoms with Gasteiger partial charge in [-0.05, 0) is 36.7 Å². The molecule has 0 amide bonds. The van der Waals surface area contributed by atoms with Gasteiger partial charge >= 0.3 is 0 Å². The van der Waals surface area contributed by atoms with E-state index in [2.05, 4.69) is 71.7 Å². The molecule has 1 heterocycles. The normalized spacial score (nSPS) is 16.9. The predicted octanol–water partition coefficient (Wildman–Crippen LogP) is 3.15. The highest BCUT2D eigenvalue weighted by Crippen LogP contribution is 2.35. The number of ether oxygens (including phenoxy) is 1. The fourth-order valence-electron chi connectivity index (χ4n) is 3.56. The lowest BCUT2D eigenvalue weighted by molar-refractivity contribution is 0.236. The second-order valence-corrected chi connectivity index (χ2v) is 6.77. The van der Waals surface area contributed by atoms with Gasteiger partial charge in [0.05, 0.1) is 13.2 Å². The van der Waals surface area contributed by atoms with Crippen LogP contribution in [0.5, 0.6) is 5.75 Å². The van der Waals surface area contributed by atoms with Gasteiger partial charge in [-0.15, -0.1) is 0 Å². The number of methoxy groups -OCH3 is 1. The SMILES string of the molecule is COc1ccccc1C(c1ccc(N(C)C)cc1)N1CCCNCC1. The maximum absolute atomic E-state index is 5.68. The van der Waals surface area contributed by atoms with Gasteiger partial charge in [0, 0.05) is 45.0 Å². The largest absolute Gasteiger partial charge is 0.496 e. The second kappa shape index (κ2) is 8.37. The Morgan fingerprint density at radius 3 is 2.48 bits per heavy atom. The van der Waals surface area contributed by atoms with Gasteiger partial charge in [-0.1, -0.05) is 30.3 Å². The van der Waals surface area contributed by atoms with E-state index in [-0.39, 0.29) is 6.04 Å². The van der Waals surface area contributed by atoms with Gasteiger partial charge in [-0.2, -0.15) is 0 Å². The molecule has 0 saturated carbocycles. The van der Waals surface area contributed by atoms with Crippen molar-refractivity contribution in [3.63, 3.8) is 0 Å². The van der Waals surface area contributed by atoms with Gasteiger partial charge in [0.15, 0.2) is 0 Å². The number of hydrogen-bond acceptors (Lipinski definition) is 4. The quantitative estimate of drug-likeness (QED) is 0.906. The summed E-state index contributed by atoms with van der Waals surface area (Å²) in [4.78, 5) is 4.71. The summed E-state index contributed by atoms with van der Waals surface area (Å²) in [5.74, 6) is 0.960. The minimum atomic E-state index is 0.215. The fraction of sp³-hybridized carbons (Fsp3) is 0.429. The first-order valence-electron chi connectivity index (χ1n) is 9.05. The van der Waals surface area contributed by atoms with Crippen LogP contribution < -0.4 is 15.0 Å². The summed E-state index contributed by atoms with van der Waals surface area (Å²) in [5, 5.41) is 3.51. The van der Waals surface area contributed by atoms with Gasteiger partial charge in [0.1, 0.15) is 5.75 Å². The van der Waals surface area contributed by atoms with Crippen molar-refractivity contribution >= 4 is 5.69 Å². The molecule has 2 aromatic carbocycles. The summed E-state index contributed by atoms with van der Waals surface area (Å²) >= 11 is 0. The number of nitrogens with one attached hydrogen (secondary N) is 1. The van der Waals surface area contributed by atoms with Crippen LogP contribution in [-0.4, -0.2) is 52.3 Å². The van der Waals surface area contributed by atoms with Crippen LogP contribution in [0, 0.1) is 0 Å². The van der Waals surface area contributed by atoms with E-state index in [1.54, 1.807) is 7.11 Å². The smallest absolute Gasteiger partial charge is 0.123 e. The third-order valence-corrected chi connectivity index (χ3v) is 4.90. The molecule has 1 aliphatic rings. The molecule has 0 aromatic heterocycles. The van der Waals surface area contributed by atoms with Gasteiger partial charge in [0.25, 0.3) is 0 Å². The van der Waals surface area contributed by atoms with Crippen LogP contribution in [0.2, 0.25) is 0 Å². The Hall–Kier alpha value is -2.04. The number of rotatable bonds is 5. The van der Waals surface area contributed by atoms with E-state index in [0.717, 1.165) is 31.9 Å². The number of hydrogen-bond donors (Lipinski definition) is 1. The fourth-order valence-corrected chi connectivity index (χ4v) is 3.56. The summed E-state index contributed by atoms with van der Waals surface area (Å²) in [7, 11) is 5.91. The first kappa shape index (κ1) is 17.8. The van der Waals surface area contributed by atoms with E-state index < -0.39 is 0 Å². The lowest BCUT2D eigenvalue weighted by Crippen LogP contribution is -2.33. The average molecular weight is 339 g/mol. The van der Waals surface area contributed by atoms with Crippen LogP contribution in [0.1, 0.15) is 23.6 Å². The van der Waals surface area contributed by atoms with Crippen molar-refractivity contribution in [2.75, 3.05) is 52.3 Å². The summed E-state index contributed by atoms with van der Waals surface area (Å²) < 4.78 is 5.68. The van der Waals surface area contributed by atoms with Crippen molar-refractivity contribution in [3.05, 3.63) is 59.7 Å². The Balaban J connectivity index is 2.01. The van der Waals surface area contributed by atoms with Gasteiger partial charge < -0.3 is 15.0 Å². The monoisotopic (exact) mass is 339 g/mol. The molecular weight excluding hydrogens is 310 g/mol. The van der Waals surface area contributed by atoms with E-state index in [1.807, 2.05) is 6.07 Å². The molecule has 4 heteroatoms. The highest BCUT2D eigenvalue weighted by Gasteiger charge is 2.25. The van der Waals surface area contributed by atoms with Crippen LogP contribution in [0.25, 0.3) is 0 Å². The maximum atomic E-state index is 5.68. The minimum absolute atomic E-state index is 0.215. The third kappa shape index (κ3) is 4.14. The van der Waals surface area contributed by atoms with Gasteiger partial charge in [-0.25, -0.2) is 0 Å². The minimum Gasteiger partial charge on any atom is -0.496 e. The van der Waals surface area contributed by atoms with Crippen LogP contribution in [0.4, 0.5) is 5.69 Å². The van der Waals surface area contributed by atoms with Crippen molar-refractivity contribution in [2.45, 2.75) is 12.5 Å². The number of anilines is 1. The molecule has 1 saturated heterocycles. The van der Waals surface area contributed by atoms with Crippen molar-refractivity contribution in [2.24, 2.45) is 0 Å². The molecule has 0 radical (unpaired) electrons. The van der Waals surface area contributed by atoms with Crippen LogP contribution in [-0.2, 0) is 0 Å². The van der Waals surface area contributed by atoms with E-state index in [0.29, 0.717) is 0 Å². The Kier molecular flexibility index (Phi) is 5.95. The number of nitrogens with zero attached hydrogens (tertiary/aromatic N) is 2. The van der Waals surface area contributed by atoms with Gasteiger partial charge in [-0.3, -0.25) is 4.90 Å². The van der Waals surface area contributed by atoms with Crippen molar-refractivity contribution in [1.82, 2.24) is 10.2 Å². The molecule has 1 aliphatic heterocycles.